The van der Waals surface area contributed by atoms with E-state index < -0.39 is 14.9 Å². The van der Waals surface area contributed by atoms with E-state index in [0.29, 0.717) is 5.92 Å². The minimum Gasteiger partial charge on any atom is -0.258 e. The first-order chi connectivity index (χ1) is 9.40. The first kappa shape index (κ1) is 14.9. The van der Waals surface area contributed by atoms with Crippen LogP contribution in [0.2, 0.25) is 0 Å². The zero-order valence-corrected chi connectivity index (χ0v) is 12.1. The summed E-state index contributed by atoms with van der Waals surface area (Å²) in [6, 6.07) is 4.91. The van der Waals surface area contributed by atoms with Crippen molar-refractivity contribution in [2.45, 2.75) is 43.5 Å². The van der Waals surface area contributed by atoms with Gasteiger partial charge in [0, 0.05) is 18.2 Å². The third-order valence-corrected chi connectivity index (χ3v) is 5.28. The summed E-state index contributed by atoms with van der Waals surface area (Å²) in [5, 5.41) is 10.6. The van der Waals surface area contributed by atoms with Gasteiger partial charge in [-0.1, -0.05) is 19.8 Å². The van der Waals surface area contributed by atoms with Crippen LogP contribution in [0.15, 0.2) is 29.2 Å². The normalized spacial score (nSPS) is 23.4. The molecule has 1 aliphatic carbocycles. The number of benzene rings is 1. The van der Waals surface area contributed by atoms with Gasteiger partial charge in [0.25, 0.3) is 5.69 Å². The number of sulfonamides is 1. The van der Waals surface area contributed by atoms with Crippen molar-refractivity contribution < 1.29 is 13.3 Å². The number of nitro groups is 1. The fraction of sp³-hybridized carbons (Fsp3) is 0.538. The monoisotopic (exact) mass is 298 g/mol. The Kier molecular flexibility index (Phi) is 4.39. The van der Waals surface area contributed by atoms with E-state index in [1.807, 2.05) is 6.92 Å². The van der Waals surface area contributed by atoms with Gasteiger partial charge >= 0.3 is 0 Å². The average molecular weight is 298 g/mol. The maximum Gasteiger partial charge on any atom is 0.269 e. The maximum atomic E-state index is 12.2. The Bertz CT molecular complexity index is 583. The smallest absolute Gasteiger partial charge is 0.258 e. The van der Waals surface area contributed by atoms with Crippen molar-refractivity contribution >= 4 is 15.7 Å². The first-order valence-electron chi connectivity index (χ1n) is 6.67. The van der Waals surface area contributed by atoms with Crippen molar-refractivity contribution in [3.63, 3.8) is 0 Å². The van der Waals surface area contributed by atoms with E-state index in [1.54, 1.807) is 0 Å². The van der Waals surface area contributed by atoms with Gasteiger partial charge < -0.3 is 0 Å². The third kappa shape index (κ3) is 3.34. The van der Waals surface area contributed by atoms with E-state index in [1.165, 1.54) is 24.3 Å². The van der Waals surface area contributed by atoms with E-state index in [0.717, 1.165) is 25.7 Å². The predicted octanol–water partition coefficient (Wildman–Crippen LogP) is 2.45. The minimum atomic E-state index is -3.61. The second kappa shape index (κ2) is 5.88. The highest BCUT2D eigenvalue weighted by atomic mass is 32.2. The number of nitrogens with one attached hydrogen (secondary N) is 1. The van der Waals surface area contributed by atoms with Crippen molar-refractivity contribution in [3.05, 3.63) is 34.4 Å². The second-order valence-electron chi connectivity index (χ2n) is 5.24. The van der Waals surface area contributed by atoms with Gasteiger partial charge in [0.15, 0.2) is 0 Å². The molecular weight excluding hydrogens is 280 g/mol. The van der Waals surface area contributed by atoms with Gasteiger partial charge in [-0.2, -0.15) is 0 Å². The zero-order chi connectivity index (χ0) is 14.8. The SMILES string of the molecule is CC1CCCCC1NS(=O)(=O)c1ccc([N+](=O)[O-])cc1. The predicted molar refractivity (Wildman–Crippen MR) is 74.8 cm³/mol. The van der Waals surface area contributed by atoms with Gasteiger partial charge in [0.1, 0.15) is 0 Å². The van der Waals surface area contributed by atoms with E-state index >= 15 is 0 Å². The molecule has 0 heterocycles. The molecule has 2 unspecified atom stereocenters. The van der Waals surface area contributed by atoms with Gasteiger partial charge in [-0.15, -0.1) is 0 Å². The van der Waals surface area contributed by atoms with Gasteiger partial charge in [0.2, 0.25) is 10.0 Å². The highest BCUT2D eigenvalue weighted by Crippen LogP contribution is 2.25. The van der Waals surface area contributed by atoms with Gasteiger partial charge in [-0.25, -0.2) is 13.1 Å². The molecule has 0 bridgehead atoms. The van der Waals surface area contributed by atoms with E-state index in [-0.39, 0.29) is 16.6 Å². The molecule has 1 saturated carbocycles. The number of nitrogens with zero attached hydrogens (tertiary/aromatic N) is 1. The van der Waals surface area contributed by atoms with Crippen molar-refractivity contribution in [2.75, 3.05) is 0 Å². The molecule has 1 aliphatic rings. The lowest BCUT2D eigenvalue weighted by Gasteiger charge is -2.29. The molecule has 2 atom stereocenters. The summed E-state index contributed by atoms with van der Waals surface area (Å²) in [6.45, 7) is 2.04. The molecule has 0 aliphatic heterocycles. The average Bonchev–Trinajstić information content (AvgIpc) is 2.41. The lowest BCUT2D eigenvalue weighted by Crippen LogP contribution is -2.40. The number of nitro benzene ring substituents is 1. The molecule has 110 valence electrons. The third-order valence-electron chi connectivity index (χ3n) is 3.78. The highest BCUT2D eigenvalue weighted by molar-refractivity contribution is 7.89. The fourth-order valence-electron chi connectivity index (χ4n) is 2.51. The molecule has 0 amide bonds. The van der Waals surface area contributed by atoms with Crippen molar-refractivity contribution in [2.24, 2.45) is 5.92 Å². The van der Waals surface area contributed by atoms with Crippen LogP contribution in [-0.2, 0) is 10.0 Å². The summed E-state index contributed by atoms with van der Waals surface area (Å²) < 4.78 is 27.2. The Morgan fingerprint density at radius 1 is 1.20 bits per heavy atom. The number of non-ortho nitro benzene ring substituents is 1. The van der Waals surface area contributed by atoms with Gasteiger partial charge in [-0.3, -0.25) is 10.1 Å². The van der Waals surface area contributed by atoms with Crippen LogP contribution in [0.25, 0.3) is 0 Å². The Labute approximate surface area is 118 Å². The minimum absolute atomic E-state index is 0.0519. The molecule has 0 radical (unpaired) electrons. The molecule has 1 N–H and O–H groups in total. The van der Waals surface area contributed by atoms with Crippen LogP contribution in [0.1, 0.15) is 32.6 Å². The lowest BCUT2D eigenvalue weighted by molar-refractivity contribution is -0.384. The Balaban J connectivity index is 2.15. The molecule has 7 heteroatoms. The highest BCUT2D eigenvalue weighted by Gasteiger charge is 2.26. The lowest BCUT2D eigenvalue weighted by atomic mass is 9.87. The van der Waals surface area contributed by atoms with Crippen LogP contribution in [-0.4, -0.2) is 19.4 Å². The van der Waals surface area contributed by atoms with E-state index in [2.05, 4.69) is 4.72 Å². The zero-order valence-electron chi connectivity index (χ0n) is 11.3. The van der Waals surface area contributed by atoms with E-state index in [9.17, 15) is 18.5 Å². The topological polar surface area (TPSA) is 89.3 Å². The Hall–Kier alpha value is -1.47. The van der Waals surface area contributed by atoms with Crippen molar-refractivity contribution in [1.82, 2.24) is 4.72 Å². The summed E-state index contributed by atoms with van der Waals surface area (Å²) in [4.78, 5) is 10.1. The van der Waals surface area contributed by atoms with Crippen LogP contribution in [0, 0.1) is 16.0 Å². The molecular formula is C13H18N2O4S. The summed E-state index contributed by atoms with van der Waals surface area (Å²) in [7, 11) is -3.61. The number of hydrogen-bond acceptors (Lipinski definition) is 4. The Morgan fingerprint density at radius 3 is 2.35 bits per heavy atom. The van der Waals surface area contributed by atoms with Gasteiger partial charge in [0.05, 0.1) is 9.82 Å². The molecule has 1 fully saturated rings. The summed E-state index contributed by atoms with van der Waals surface area (Å²) in [5.41, 5.74) is -0.116. The van der Waals surface area contributed by atoms with E-state index in [4.69, 9.17) is 0 Å². The summed E-state index contributed by atoms with van der Waals surface area (Å²) >= 11 is 0. The maximum absolute atomic E-state index is 12.2. The molecule has 1 aromatic carbocycles. The van der Waals surface area contributed by atoms with Crippen molar-refractivity contribution in [1.29, 1.82) is 0 Å². The largest absolute Gasteiger partial charge is 0.269 e. The standard InChI is InChI=1S/C13H18N2O4S/c1-10-4-2-3-5-13(10)14-20(18,19)12-8-6-11(7-9-12)15(16)17/h6-10,13-14H,2-5H2,1H3. The molecule has 2 rings (SSSR count). The fourth-order valence-corrected chi connectivity index (χ4v) is 3.88. The molecule has 0 aromatic heterocycles. The van der Waals surface area contributed by atoms with Crippen LogP contribution in [0.3, 0.4) is 0 Å². The molecule has 0 saturated heterocycles. The van der Waals surface area contributed by atoms with Crippen LogP contribution in [0.5, 0.6) is 0 Å². The van der Waals surface area contributed by atoms with Crippen LogP contribution >= 0.6 is 0 Å². The molecule has 1 aromatic rings. The van der Waals surface area contributed by atoms with Crippen LogP contribution < -0.4 is 4.72 Å². The molecule has 20 heavy (non-hydrogen) atoms. The quantitative estimate of drug-likeness (QED) is 0.683. The summed E-state index contributed by atoms with van der Waals surface area (Å²) in [6.07, 6.45) is 4.02. The first-order valence-corrected chi connectivity index (χ1v) is 8.15. The van der Waals surface area contributed by atoms with Crippen LogP contribution in [0.4, 0.5) is 5.69 Å². The number of hydrogen-bond donors (Lipinski definition) is 1. The number of rotatable bonds is 4. The van der Waals surface area contributed by atoms with Gasteiger partial charge in [-0.05, 0) is 30.9 Å². The second-order valence-corrected chi connectivity index (χ2v) is 6.95. The Morgan fingerprint density at radius 2 is 1.80 bits per heavy atom. The summed E-state index contributed by atoms with van der Waals surface area (Å²) in [5.74, 6) is 0.316. The van der Waals surface area contributed by atoms with Crippen molar-refractivity contribution in [3.8, 4) is 0 Å². The molecule has 0 spiro atoms. The molecule has 6 nitrogen and oxygen atoms in total.